The van der Waals surface area contributed by atoms with Crippen LogP contribution in [0.4, 0.5) is 33.7 Å². The van der Waals surface area contributed by atoms with Crippen LogP contribution in [0, 0.1) is 42.8 Å². The second-order valence-corrected chi connectivity index (χ2v) is 7.60. The fourth-order valence-electron chi connectivity index (χ4n) is 2.91. The number of non-ortho nitro benzene ring substituents is 2. The van der Waals surface area contributed by atoms with Crippen LogP contribution >= 0.6 is 23.2 Å². The molecule has 0 saturated heterocycles. The third-order valence-corrected chi connectivity index (χ3v) is 4.78. The summed E-state index contributed by atoms with van der Waals surface area (Å²) in [5.41, 5.74) is -1.14. The lowest BCUT2D eigenvalue weighted by atomic mass is 10.1. The van der Waals surface area contributed by atoms with Crippen molar-refractivity contribution in [1.29, 1.82) is 0 Å². The molecule has 0 amide bonds. The molecule has 17 heteroatoms. The maximum atomic E-state index is 13.4. The molecule has 0 N–H and O–H groups in total. The van der Waals surface area contributed by atoms with E-state index in [1.165, 1.54) is 22.6 Å². The molecule has 0 heterocycles. The Balaban J connectivity index is 2.23. The molecule has 0 aliphatic rings. The predicted octanol–water partition coefficient (Wildman–Crippen LogP) is 5.78. The summed E-state index contributed by atoms with van der Waals surface area (Å²) in [5.74, 6) is 1.92. The molecule has 0 atom stereocenters. The van der Waals surface area contributed by atoms with E-state index in [9.17, 15) is 42.6 Å². The normalized spacial score (nSPS) is 10.9. The Kier molecular flexibility index (Phi) is 11.5. The number of carbonyl (C=O) groups excluding carboxylic acids is 1. The van der Waals surface area contributed by atoms with Crippen molar-refractivity contribution in [2.24, 2.45) is 0 Å². The predicted molar refractivity (Wildman–Crippen MR) is 129 cm³/mol. The minimum atomic E-state index is -3.92. The Bertz CT molecular complexity index is 1300. The zero-order chi connectivity index (χ0) is 29.9. The summed E-state index contributed by atoms with van der Waals surface area (Å²) in [4.78, 5) is 33.1. The van der Waals surface area contributed by atoms with E-state index in [1.807, 2.05) is 0 Å². The van der Waals surface area contributed by atoms with Gasteiger partial charge < -0.3 is 18.9 Å². The summed E-state index contributed by atoms with van der Waals surface area (Å²) in [6.07, 6.45) is -10.1. The quantitative estimate of drug-likeness (QED) is 0.0731. The van der Waals surface area contributed by atoms with Gasteiger partial charge in [-0.05, 0) is 48.2 Å². The van der Waals surface area contributed by atoms with Gasteiger partial charge in [0.1, 0.15) is 11.5 Å². The lowest BCUT2D eigenvalue weighted by molar-refractivity contribution is -0.385. The summed E-state index contributed by atoms with van der Waals surface area (Å²) in [6.45, 7) is -1.45. The Morgan fingerprint density at radius 1 is 0.775 bits per heavy atom. The second-order valence-electron chi connectivity index (χ2n) is 7.22. The molecule has 0 fully saturated rings. The zero-order valence-corrected chi connectivity index (χ0v) is 21.1. The SMILES string of the molecule is O=C(Oc1ccc([N+](=O)[O-])cc1CCOC(F)(F)C#CCl)Oc1ccc([N+](=O)[O-])cc1CCOC(F)(F)C#CCl. The van der Waals surface area contributed by atoms with Gasteiger partial charge in [-0.1, -0.05) is 0 Å². The number of nitro groups is 2. The van der Waals surface area contributed by atoms with E-state index in [-0.39, 0.29) is 22.6 Å². The molecule has 0 radical (unpaired) electrons. The number of carbonyl (C=O) groups is 1. The molecule has 0 spiro atoms. The number of benzene rings is 2. The number of nitro benzene ring substituents is 2. The van der Waals surface area contributed by atoms with Gasteiger partial charge in [0.05, 0.1) is 23.1 Å². The first-order valence-corrected chi connectivity index (χ1v) is 11.3. The lowest BCUT2D eigenvalue weighted by Crippen LogP contribution is -2.21. The number of halogens is 6. The molecule has 0 unspecified atom stereocenters. The molecule has 212 valence electrons. The zero-order valence-electron chi connectivity index (χ0n) is 19.6. The van der Waals surface area contributed by atoms with Crippen molar-refractivity contribution in [2.75, 3.05) is 13.2 Å². The first-order valence-electron chi connectivity index (χ1n) is 10.5. The Morgan fingerprint density at radius 2 is 1.15 bits per heavy atom. The largest absolute Gasteiger partial charge is 0.519 e. The highest BCUT2D eigenvalue weighted by atomic mass is 35.5. The monoisotopic (exact) mass is 608 g/mol. The summed E-state index contributed by atoms with van der Waals surface area (Å²) < 4.78 is 72.2. The lowest BCUT2D eigenvalue weighted by Gasteiger charge is -2.14. The van der Waals surface area contributed by atoms with Gasteiger partial charge in [-0.2, -0.15) is 17.6 Å². The van der Waals surface area contributed by atoms with Crippen LogP contribution in [0.5, 0.6) is 11.5 Å². The third-order valence-electron chi connectivity index (χ3n) is 4.59. The number of nitrogens with zero attached hydrogens (tertiary/aromatic N) is 2. The molecule has 0 aliphatic heterocycles. The van der Waals surface area contributed by atoms with Gasteiger partial charge in [0.15, 0.2) is 0 Å². The van der Waals surface area contributed by atoms with Crippen molar-refractivity contribution >= 4 is 40.7 Å². The van der Waals surface area contributed by atoms with E-state index in [4.69, 9.17) is 32.7 Å². The Hall–Kier alpha value is -4.15. The molecule has 40 heavy (non-hydrogen) atoms. The number of rotatable bonds is 12. The molecular weight excluding hydrogens is 595 g/mol. The minimum Gasteiger partial charge on any atom is -0.394 e. The average molecular weight is 609 g/mol. The van der Waals surface area contributed by atoms with Crippen molar-refractivity contribution in [2.45, 2.75) is 25.1 Å². The summed E-state index contributed by atoms with van der Waals surface area (Å²) >= 11 is 9.86. The van der Waals surface area contributed by atoms with E-state index in [0.29, 0.717) is 0 Å². The van der Waals surface area contributed by atoms with Crippen molar-refractivity contribution in [1.82, 2.24) is 0 Å². The van der Waals surface area contributed by atoms with Crippen LogP contribution in [0.15, 0.2) is 36.4 Å². The fourth-order valence-corrected chi connectivity index (χ4v) is 3.13. The molecule has 11 nitrogen and oxygen atoms in total. The molecule has 0 aromatic heterocycles. The Labute approximate surface area is 232 Å². The molecule has 0 aliphatic carbocycles. The van der Waals surface area contributed by atoms with E-state index in [2.05, 4.69) is 9.47 Å². The standard InChI is InChI=1S/C23H14Cl2F4N2O9/c24-9-7-22(26,27)37-11-5-15-13-17(30(33)34)1-3-19(15)39-21(32)40-20-4-2-18(31(35)36)14-16(20)6-12-38-23(28,29)8-10-25/h1-4,13-14H,5-6,11-12H2. The second kappa shape index (κ2) is 14.3. The van der Waals surface area contributed by atoms with E-state index in [1.54, 1.807) is 0 Å². The highest BCUT2D eigenvalue weighted by Gasteiger charge is 2.28. The van der Waals surface area contributed by atoms with Gasteiger partial charge in [0.2, 0.25) is 0 Å². The maximum absolute atomic E-state index is 13.4. The fraction of sp³-hybridized carbons (Fsp3) is 0.261. The van der Waals surface area contributed by atoms with Crippen molar-refractivity contribution < 1.29 is 51.2 Å². The van der Waals surface area contributed by atoms with Gasteiger partial charge in [-0.15, -0.1) is 0 Å². The summed E-state index contributed by atoms with van der Waals surface area (Å²) in [7, 11) is 0. The van der Waals surface area contributed by atoms with Crippen LogP contribution in [0.2, 0.25) is 0 Å². The van der Waals surface area contributed by atoms with E-state index >= 15 is 0 Å². The number of hydrogen-bond acceptors (Lipinski definition) is 9. The van der Waals surface area contributed by atoms with Crippen molar-refractivity contribution in [3.63, 3.8) is 0 Å². The number of hydrogen-bond donors (Lipinski definition) is 0. The highest BCUT2D eigenvalue weighted by Crippen LogP contribution is 2.29. The summed E-state index contributed by atoms with van der Waals surface area (Å²) in [6, 6.07) is 5.79. The van der Waals surface area contributed by atoms with E-state index in [0.717, 1.165) is 36.4 Å². The Morgan fingerprint density at radius 3 is 1.48 bits per heavy atom. The van der Waals surface area contributed by atoms with Gasteiger partial charge >= 0.3 is 18.4 Å². The number of ether oxygens (including phenoxy) is 4. The molecular formula is C23H14Cl2F4N2O9. The van der Waals surface area contributed by atoms with Gasteiger partial charge in [0, 0.05) is 58.0 Å². The van der Waals surface area contributed by atoms with Crippen LogP contribution < -0.4 is 9.47 Å². The summed E-state index contributed by atoms with van der Waals surface area (Å²) in [5, 5.41) is 25.1. The molecule has 2 aromatic carbocycles. The third kappa shape index (κ3) is 10.2. The highest BCUT2D eigenvalue weighted by molar-refractivity contribution is 6.30. The van der Waals surface area contributed by atoms with Gasteiger partial charge in [-0.3, -0.25) is 20.2 Å². The minimum absolute atomic E-state index is 0.110. The van der Waals surface area contributed by atoms with Crippen molar-refractivity contribution in [3.8, 4) is 34.1 Å². The maximum Gasteiger partial charge on any atom is 0.519 e. The van der Waals surface area contributed by atoms with Gasteiger partial charge in [-0.25, -0.2) is 4.79 Å². The number of alkyl halides is 4. The topological polar surface area (TPSA) is 140 Å². The average Bonchev–Trinajstić information content (AvgIpc) is 2.85. The molecule has 0 saturated carbocycles. The molecule has 2 aromatic rings. The van der Waals surface area contributed by atoms with Crippen LogP contribution in [0.3, 0.4) is 0 Å². The van der Waals surface area contributed by atoms with Crippen LogP contribution in [-0.2, 0) is 22.3 Å². The van der Waals surface area contributed by atoms with E-state index < -0.39 is 65.6 Å². The van der Waals surface area contributed by atoms with Crippen molar-refractivity contribution in [3.05, 3.63) is 67.8 Å². The van der Waals surface area contributed by atoms with Crippen LogP contribution in [-0.4, -0.2) is 41.4 Å². The molecule has 2 rings (SSSR count). The molecule has 0 bridgehead atoms. The van der Waals surface area contributed by atoms with Crippen LogP contribution in [0.25, 0.3) is 0 Å². The first-order chi connectivity index (χ1) is 18.8. The smallest absolute Gasteiger partial charge is 0.394 e. The van der Waals surface area contributed by atoms with Gasteiger partial charge in [0.25, 0.3) is 11.4 Å². The first kappa shape index (κ1) is 32.1. The van der Waals surface area contributed by atoms with Crippen LogP contribution in [0.1, 0.15) is 11.1 Å².